The fourth-order valence-electron chi connectivity index (χ4n) is 3.35. The van der Waals surface area contributed by atoms with E-state index in [9.17, 15) is 4.79 Å². The van der Waals surface area contributed by atoms with Crippen LogP contribution in [0, 0.1) is 0 Å². The van der Waals surface area contributed by atoms with Crippen LogP contribution in [0.4, 0.5) is 0 Å². The summed E-state index contributed by atoms with van der Waals surface area (Å²) in [6.45, 7) is 2.28. The van der Waals surface area contributed by atoms with Crippen LogP contribution in [0.15, 0.2) is 0 Å². The van der Waals surface area contributed by atoms with E-state index in [1.165, 1.54) is 109 Å². The molecule has 26 heavy (non-hydrogen) atoms. The van der Waals surface area contributed by atoms with Gasteiger partial charge in [0.1, 0.15) is 0 Å². The Kier molecular flexibility index (Phi) is 35.8. The van der Waals surface area contributed by atoms with E-state index >= 15 is 0 Å². The molecule has 0 heterocycles. The molecule has 0 aliphatic heterocycles. The molecule has 2 nitrogen and oxygen atoms in total. The maximum Gasteiger partial charge on any atom is 1.00 e. The summed E-state index contributed by atoms with van der Waals surface area (Å²) < 4.78 is 0. The van der Waals surface area contributed by atoms with Crippen molar-refractivity contribution in [3.8, 4) is 0 Å². The first-order valence-electron chi connectivity index (χ1n) is 11.0. The maximum atomic E-state index is 10.4. The van der Waals surface area contributed by atoms with E-state index in [1.54, 1.807) is 0 Å². The standard InChI is InChI=1S/C22H44O2.Al.K.4H/c1-2-3-4-5-6-7-8-9-10-11-12-13-14-15-16-17-18-19-20-21-22(23)24;;;;;;/h2-21H2,1H3,(H,23,24);;;;;;/q;;+1;;;;-1. The predicted molar refractivity (Wildman–Crippen MR) is 117 cm³/mol. The van der Waals surface area contributed by atoms with E-state index < -0.39 is 5.97 Å². The Bertz CT molecular complexity index is 269. The third kappa shape index (κ3) is 30.4. The zero-order chi connectivity index (χ0) is 17.7. The summed E-state index contributed by atoms with van der Waals surface area (Å²) in [4.78, 5) is 10.4. The van der Waals surface area contributed by atoms with Gasteiger partial charge >= 0.3 is 57.4 Å². The average Bonchev–Trinajstić information content (AvgIpc) is 2.56. The van der Waals surface area contributed by atoms with Crippen LogP contribution < -0.4 is 51.4 Å². The molecule has 0 spiro atoms. The molecule has 152 valence electrons. The van der Waals surface area contributed by atoms with E-state index in [-0.39, 0.29) is 70.2 Å². The minimum absolute atomic E-state index is 0. The number of carboxylic acids is 1. The van der Waals surface area contributed by atoms with Gasteiger partial charge in [0.05, 0.1) is 0 Å². The Morgan fingerprint density at radius 1 is 0.577 bits per heavy atom. The molecule has 0 aliphatic carbocycles. The number of hydrogen-bond donors (Lipinski definition) is 1. The average molecular weight is 411 g/mol. The van der Waals surface area contributed by atoms with Crippen molar-refractivity contribution in [2.24, 2.45) is 0 Å². The second kappa shape index (κ2) is 28.8. The second-order valence-electron chi connectivity index (χ2n) is 7.51. The third-order valence-corrected chi connectivity index (χ3v) is 4.99. The Labute approximate surface area is 219 Å². The van der Waals surface area contributed by atoms with Crippen molar-refractivity contribution in [1.29, 1.82) is 0 Å². The number of hydrogen-bond acceptors (Lipinski definition) is 1. The molecule has 0 saturated carbocycles. The van der Waals surface area contributed by atoms with Gasteiger partial charge in [0.2, 0.25) is 0 Å². The fraction of sp³-hybridized carbons (Fsp3) is 0.955. The van der Waals surface area contributed by atoms with Crippen molar-refractivity contribution in [2.75, 3.05) is 0 Å². The van der Waals surface area contributed by atoms with E-state index in [0.29, 0.717) is 6.42 Å². The van der Waals surface area contributed by atoms with Crippen LogP contribution in [0.1, 0.15) is 137 Å². The van der Waals surface area contributed by atoms with Gasteiger partial charge in [-0.2, -0.15) is 0 Å². The summed E-state index contributed by atoms with van der Waals surface area (Å²) >= 11 is 0. The molecule has 0 rings (SSSR count). The Morgan fingerprint density at radius 3 is 1.04 bits per heavy atom. The van der Waals surface area contributed by atoms with E-state index in [0.717, 1.165) is 12.8 Å². The summed E-state index contributed by atoms with van der Waals surface area (Å²) in [5.41, 5.74) is 0. The third-order valence-electron chi connectivity index (χ3n) is 4.99. The smallest absolute Gasteiger partial charge is 1.00 e. The zero-order valence-electron chi connectivity index (χ0n) is 18.5. The van der Waals surface area contributed by atoms with E-state index in [4.69, 9.17) is 5.11 Å². The van der Waals surface area contributed by atoms with E-state index in [2.05, 4.69) is 6.92 Å². The van der Waals surface area contributed by atoms with Crippen molar-refractivity contribution >= 4 is 23.3 Å². The summed E-state index contributed by atoms with van der Waals surface area (Å²) in [6, 6.07) is 0. The van der Waals surface area contributed by atoms with Crippen LogP contribution in [0.3, 0.4) is 0 Å². The molecular weight excluding hydrogens is 362 g/mol. The van der Waals surface area contributed by atoms with Gasteiger partial charge in [-0.15, -0.1) is 0 Å². The van der Waals surface area contributed by atoms with Crippen molar-refractivity contribution < 1.29 is 62.7 Å². The first-order chi connectivity index (χ1) is 11.8. The number of aliphatic carboxylic acids is 1. The second-order valence-corrected chi connectivity index (χ2v) is 7.51. The molecule has 0 aromatic heterocycles. The van der Waals surface area contributed by atoms with Gasteiger partial charge in [-0.3, -0.25) is 4.79 Å². The summed E-state index contributed by atoms with van der Waals surface area (Å²) in [5, 5.41) is 8.56. The molecule has 0 radical (unpaired) electrons. The van der Waals surface area contributed by atoms with Crippen LogP contribution in [-0.2, 0) is 4.79 Å². The number of unbranched alkanes of at least 4 members (excludes halogenated alkanes) is 18. The molecule has 0 saturated heterocycles. The van der Waals surface area contributed by atoms with Gasteiger partial charge in [-0.1, -0.05) is 122 Å². The Balaban J connectivity index is -0.000000882. The van der Waals surface area contributed by atoms with Gasteiger partial charge in [0.15, 0.2) is 17.4 Å². The summed E-state index contributed by atoms with van der Waals surface area (Å²) in [5.74, 6) is -0.651. The van der Waals surface area contributed by atoms with Gasteiger partial charge in [0, 0.05) is 6.42 Å². The molecule has 1 N–H and O–H groups in total. The van der Waals surface area contributed by atoms with Gasteiger partial charge in [0.25, 0.3) is 0 Å². The van der Waals surface area contributed by atoms with Crippen molar-refractivity contribution in [1.82, 2.24) is 0 Å². The van der Waals surface area contributed by atoms with Crippen molar-refractivity contribution in [3.05, 3.63) is 0 Å². The molecule has 0 aromatic carbocycles. The van der Waals surface area contributed by atoms with Crippen molar-refractivity contribution in [3.63, 3.8) is 0 Å². The first-order valence-corrected chi connectivity index (χ1v) is 11.0. The Hall–Kier alpha value is 1.64. The number of carbonyl (C=O) groups is 1. The van der Waals surface area contributed by atoms with Crippen LogP contribution >= 0.6 is 0 Å². The largest absolute Gasteiger partial charge is 1.00 e. The minimum atomic E-state index is -0.651. The molecule has 0 bridgehead atoms. The molecule has 4 heteroatoms. The molecule has 0 aromatic rings. The molecule has 0 aliphatic rings. The molecule has 0 atom stereocenters. The first kappa shape index (κ1) is 32.3. The maximum absolute atomic E-state index is 10.4. The Morgan fingerprint density at radius 2 is 0.808 bits per heavy atom. The van der Waals surface area contributed by atoms with Gasteiger partial charge < -0.3 is 6.53 Å². The van der Waals surface area contributed by atoms with Gasteiger partial charge in [-0.25, -0.2) is 0 Å². The predicted octanol–water partition coefficient (Wildman–Crippen LogP) is 3.83. The molecule has 0 unspecified atom stereocenters. The minimum Gasteiger partial charge on any atom is -1.00 e. The molecular formula is C22H48AlKO2. The number of carboxylic acid groups (broad SMARTS) is 1. The number of rotatable bonds is 20. The van der Waals surface area contributed by atoms with Crippen LogP contribution in [0.2, 0.25) is 0 Å². The summed E-state index contributed by atoms with van der Waals surface area (Å²) in [7, 11) is 0. The molecule has 0 fully saturated rings. The quantitative estimate of drug-likeness (QED) is 0.245. The monoisotopic (exact) mass is 410 g/mol. The molecule has 0 amide bonds. The van der Waals surface area contributed by atoms with Gasteiger partial charge in [-0.05, 0) is 6.42 Å². The SMILES string of the molecule is CCCCCCCCCCCCCCCCCCCCCC(=O)O.[AlH3].[H-].[K+]. The van der Waals surface area contributed by atoms with Crippen LogP contribution in [0.5, 0.6) is 0 Å². The zero-order valence-corrected chi connectivity index (χ0v) is 20.6. The normalized spacial score (nSPS) is 10.2. The van der Waals surface area contributed by atoms with E-state index in [1.807, 2.05) is 0 Å². The summed E-state index contributed by atoms with van der Waals surface area (Å²) in [6.07, 6.45) is 26.1. The fourth-order valence-corrected chi connectivity index (χ4v) is 3.35. The van der Waals surface area contributed by atoms with Crippen molar-refractivity contribution in [2.45, 2.75) is 135 Å². The van der Waals surface area contributed by atoms with Crippen LogP contribution in [0.25, 0.3) is 0 Å². The van der Waals surface area contributed by atoms with Crippen LogP contribution in [-0.4, -0.2) is 28.4 Å². The topological polar surface area (TPSA) is 37.3 Å².